The Morgan fingerprint density at radius 1 is 0.808 bits per heavy atom. The van der Waals surface area contributed by atoms with E-state index in [1.165, 1.54) is 0 Å². The second-order valence-corrected chi connectivity index (χ2v) is 6.30. The van der Waals surface area contributed by atoms with Crippen molar-refractivity contribution in [3.63, 3.8) is 0 Å². The van der Waals surface area contributed by atoms with Gasteiger partial charge in [-0.1, -0.05) is 32.4 Å². The van der Waals surface area contributed by atoms with Crippen molar-refractivity contribution in [2.24, 2.45) is 5.41 Å². The summed E-state index contributed by atoms with van der Waals surface area (Å²) in [6.07, 6.45) is -11.5. The molecule has 0 atom stereocenters. The fourth-order valence-corrected chi connectivity index (χ4v) is 1.24. The molecule has 0 radical (unpaired) electrons. The van der Waals surface area contributed by atoms with Gasteiger partial charge in [-0.05, 0) is 24.3 Å². The summed E-state index contributed by atoms with van der Waals surface area (Å²) in [6, 6.07) is 7.07. The minimum atomic E-state index is -5.77. The first-order valence-corrected chi connectivity index (χ1v) is 7.13. The summed E-state index contributed by atoms with van der Waals surface area (Å²) in [4.78, 5) is 30.8. The number of Topliss-reactive ketones (excluding diaryl/α,β-unsaturated/α-hetero) is 2. The Bertz CT molecular complexity index is 636. The zero-order valence-corrected chi connectivity index (χ0v) is 14.4. The van der Waals surface area contributed by atoms with Crippen LogP contribution in [0, 0.1) is 5.41 Å². The molecule has 0 saturated heterocycles. The van der Waals surface area contributed by atoms with Gasteiger partial charge in [0.15, 0.2) is 0 Å². The standard InChI is InChI=1S/C11H14ClNO.C4F6O2/c1-11(2,3)10(14)13-9-6-4-8(12)5-7-9;5-3(6,7)1(11)2(12)4(8,9)10/h4-7H,1-3H3,(H,13,14);. The molecule has 1 amide bonds. The number of hydrogen-bond donors (Lipinski definition) is 1. The number of hydrogen-bond acceptors (Lipinski definition) is 3. The summed E-state index contributed by atoms with van der Waals surface area (Å²) >= 11 is 5.73. The van der Waals surface area contributed by atoms with E-state index in [9.17, 15) is 40.7 Å². The Morgan fingerprint density at radius 3 is 1.42 bits per heavy atom. The van der Waals surface area contributed by atoms with Gasteiger partial charge >= 0.3 is 23.9 Å². The molecule has 0 aliphatic carbocycles. The highest BCUT2D eigenvalue weighted by Crippen LogP contribution is 2.24. The number of benzene rings is 1. The van der Waals surface area contributed by atoms with Crippen molar-refractivity contribution in [2.45, 2.75) is 33.1 Å². The van der Waals surface area contributed by atoms with Gasteiger partial charge in [-0.15, -0.1) is 0 Å². The van der Waals surface area contributed by atoms with Crippen LogP contribution >= 0.6 is 11.6 Å². The van der Waals surface area contributed by atoms with Crippen LogP contribution in [-0.4, -0.2) is 29.8 Å². The van der Waals surface area contributed by atoms with Gasteiger partial charge in [0.05, 0.1) is 0 Å². The predicted octanol–water partition coefficient (Wildman–Crippen LogP) is 4.57. The summed E-state index contributed by atoms with van der Waals surface area (Å²) in [5.41, 5.74) is 0.397. The molecule has 26 heavy (non-hydrogen) atoms. The summed E-state index contributed by atoms with van der Waals surface area (Å²) in [5.74, 6) is -6.81. The molecule has 0 unspecified atom stereocenters. The van der Waals surface area contributed by atoms with Crippen LogP contribution in [0.3, 0.4) is 0 Å². The van der Waals surface area contributed by atoms with Gasteiger partial charge in [-0.2, -0.15) is 26.3 Å². The smallest absolute Gasteiger partial charge is 0.326 e. The number of anilines is 1. The van der Waals surface area contributed by atoms with E-state index in [0.29, 0.717) is 5.02 Å². The largest absolute Gasteiger partial charge is 0.458 e. The second-order valence-electron chi connectivity index (χ2n) is 5.86. The van der Waals surface area contributed by atoms with E-state index in [2.05, 4.69) is 5.32 Å². The van der Waals surface area contributed by atoms with E-state index in [4.69, 9.17) is 11.6 Å². The number of carbonyl (C=O) groups is 3. The number of alkyl halides is 6. The first-order chi connectivity index (χ1) is 11.5. The third kappa shape index (κ3) is 8.32. The zero-order chi connectivity index (χ0) is 20.9. The maximum Gasteiger partial charge on any atom is 0.458 e. The Balaban J connectivity index is 0.000000488. The fourth-order valence-electron chi connectivity index (χ4n) is 1.11. The number of amides is 1. The summed E-state index contributed by atoms with van der Waals surface area (Å²) in [6.45, 7) is 5.62. The van der Waals surface area contributed by atoms with E-state index in [0.717, 1.165) is 5.69 Å². The van der Waals surface area contributed by atoms with Crippen molar-refractivity contribution >= 4 is 34.8 Å². The number of halogens is 7. The molecule has 0 aromatic heterocycles. The first-order valence-electron chi connectivity index (χ1n) is 6.76. The van der Waals surface area contributed by atoms with Gasteiger partial charge in [0.2, 0.25) is 5.91 Å². The molecule has 1 aromatic rings. The predicted molar refractivity (Wildman–Crippen MR) is 81.7 cm³/mol. The normalized spacial score (nSPS) is 11.9. The van der Waals surface area contributed by atoms with Crippen molar-refractivity contribution in [3.05, 3.63) is 29.3 Å². The van der Waals surface area contributed by atoms with Gasteiger partial charge < -0.3 is 5.32 Å². The van der Waals surface area contributed by atoms with Crippen molar-refractivity contribution in [3.8, 4) is 0 Å². The van der Waals surface area contributed by atoms with Gasteiger partial charge in [0.25, 0.3) is 0 Å². The van der Waals surface area contributed by atoms with Crippen molar-refractivity contribution in [1.29, 1.82) is 0 Å². The minimum absolute atomic E-state index is 0.000164. The van der Waals surface area contributed by atoms with Crippen LogP contribution in [0.5, 0.6) is 0 Å². The topological polar surface area (TPSA) is 63.2 Å². The Morgan fingerprint density at radius 2 is 1.15 bits per heavy atom. The molecular formula is C15H14ClF6NO3. The van der Waals surface area contributed by atoms with Gasteiger partial charge in [0, 0.05) is 16.1 Å². The highest BCUT2D eigenvalue weighted by Gasteiger charge is 2.54. The van der Waals surface area contributed by atoms with E-state index in [1.54, 1.807) is 24.3 Å². The van der Waals surface area contributed by atoms with Crippen LogP contribution in [-0.2, 0) is 14.4 Å². The zero-order valence-electron chi connectivity index (χ0n) is 13.7. The summed E-state index contributed by atoms with van der Waals surface area (Å²) in [5, 5.41) is 3.48. The first kappa shape index (κ1) is 23.9. The van der Waals surface area contributed by atoms with E-state index in [1.807, 2.05) is 20.8 Å². The Kier molecular flexibility index (Phi) is 7.83. The maximum atomic E-state index is 11.6. The fraction of sp³-hybridized carbons (Fsp3) is 0.400. The average Bonchev–Trinajstić information content (AvgIpc) is 2.45. The van der Waals surface area contributed by atoms with Crippen LogP contribution in [0.1, 0.15) is 20.8 Å². The lowest BCUT2D eigenvalue weighted by molar-refractivity contribution is -0.193. The summed E-state index contributed by atoms with van der Waals surface area (Å²) < 4.78 is 67.0. The molecule has 146 valence electrons. The number of nitrogens with one attached hydrogen (secondary N) is 1. The maximum absolute atomic E-state index is 11.6. The molecular weight excluding hydrogens is 392 g/mol. The Labute approximate surface area is 149 Å². The third-order valence-corrected chi connectivity index (χ3v) is 2.76. The number of ketones is 2. The molecule has 0 spiro atoms. The van der Waals surface area contributed by atoms with Gasteiger partial charge in [-0.25, -0.2) is 0 Å². The third-order valence-electron chi connectivity index (χ3n) is 2.50. The van der Waals surface area contributed by atoms with E-state index >= 15 is 0 Å². The molecule has 1 rings (SSSR count). The lowest BCUT2D eigenvalue weighted by Crippen LogP contribution is -2.39. The molecule has 0 fully saturated rings. The molecule has 1 aromatic carbocycles. The Hall–Kier alpha value is -2.10. The lowest BCUT2D eigenvalue weighted by atomic mass is 9.95. The highest BCUT2D eigenvalue weighted by atomic mass is 35.5. The molecule has 0 saturated carbocycles. The average molecular weight is 406 g/mol. The quantitative estimate of drug-likeness (QED) is 0.579. The van der Waals surface area contributed by atoms with Crippen LogP contribution < -0.4 is 5.32 Å². The van der Waals surface area contributed by atoms with Crippen LogP contribution in [0.15, 0.2) is 24.3 Å². The molecule has 0 aliphatic rings. The van der Waals surface area contributed by atoms with Crippen molar-refractivity contribution in [2.75, 3.05) is 5.32 Å². The highest BCUT2D eigenvalue weighted by molar-refractivity contribution is 6.41. The molecule has 0 heterocycles. The van der Waals surface area contributed by atoms with Crippen molar-refractivity contribution in [1.82, 2.24) is 0 Å². The SMILES string of the molecule is CC(C)(C)C(=O)Nc1ccc(Cl)cc1.O=C(C(=O)C(F)(F)F)C(F)(F)F. The van der Waals surface area contributed by atoms with Gasteiger partial charge in [-0.3, -0.25) is 14.4 Å². The molecule has 0 aliphatic heterocycles. The molecule has 1 N–H and O–H groups in total. The molecule has 4 nitrogen and oxygen atoms in total. The minimum Gasteiger partial charge on any atom is -0.326 e. The molecule has 0 bridgehead atoms. The van der Waals surface area contributed by atoms with Crippen LogP contribution in [0.2, 0.25) is 5.02 Å². The van der Waals surface area contributed by atoms with Crippen LogP contribution in [0.25, 0.3) is 0 Å². The molecule has 11 heteroatoms. The summed E-state index contributed by atoms with van der Waals surface area (Å²) in [7, 11) is 0. The van der Waals surface area contributed by atoms with Crippen LogP contribution in [0.4, 0.5) is 32.0 Å². The van der Waals surface area contributed by atoms with E-state index in [-0.39, 0.29) is 11.3 Å². The second kappa shape index (κ2) is 8.52. The van der Waals surface area contributed by atoms with Gasteiger partial charge in [0.1, 0.15) is 0 Å². The van der Waals surface area contributed by atoms with E-state index < -0.39 is 23.9 Å². The lowest BCUT2D eigenvalue weighted by Gasteiger charge is -2.17. The van der Waals surface area contributed by atoms with Crippen molar-refractivity contribution < 1.29 is 40.7 Å². The number of carbonyl (C=O) groups excluding carboxylic acids is 3. The monoisotopic (exact) mass is 405 g/mol. The number of rotatable bonds is 2.